The first-order valence-electron chi connectivity index (χ1n) is 4.00. The molecule has 0 aliphatic rings. The predicted octanol–water partition coefficient (Wildman–Crippen LogP) is 0.381. The maximum Gasteiger partial charge on any atom is 0.348 e. The number of thioether (sulfide) groups is 1. The molecule has 0 atom stereocenters. The Morgan fingerprint density at radius 3 is 2.79 bits per heavy atom. The first-order valence-corrected chi connectivity index (χ1v) is 5.39. The van der Waals surface area contributed by atoms with Gasteiger partial charge in [0.2, 0.25) is 0 Å². The zero-order chi connectivity index (χ0) is 11.0. The van der Waals surface area contributed by atoms with Gasteiger partial charge >= 0.3 is 11.8 Å². The summed E-state index contributed by atoms with van der Waals surface area (Å²) >= 11 is 1.60. The van der Waals surface area contributed by atoms with Crippen LogP contribution in [0, 0.1) is 0 Å². The molecule has 0 aliphatic carbocycles. The molecule has 1 amide bonds. The largest absolute Gasteiger partial charge is 0.375 e. The summed E-state index contributed by atoms with van der Waals surface area (Å²) in [5, 5.41) is 0. The third kappa shape index (κ3) is 5.36. The fraction of sp³-hybridized carbons (Fsp3) is 0.857. The van der Waals surface area contributed by atoms with Crippen molar-refractivity contribution in [3.8, 4) is 0 Å². The van der Waals surface area contributed by atoms with Crippen LogP contribution in [0.5, 0.6) is 0 Å². The molecular weight excluding hydrogens is 214 g/mol. The smallest absolute Gasteiger partial charge is 0.348 e. The number of halogens is 2. The van der Waals surface area contributed by atoms with Crippen molar-refractivity contribution in [2.45, 2.75) is 12.3 Å². The molecule has 0 rings (SSSR count). The lowest BCUT2D eigenvalue weighted by atomic mass is 10.3. The summed E-state index contributed by atoms with van der Waals surface area (Å²) in [6.45, 7) is -0.710. The molecule has 0 spiro atoms. The molecule has 3 N–H and O–H groups in total. The van der Waals surface area contributed by atoms with E-state index in [1.54, 1.807) is 11.8 Å². The van der Waals surface area contributed by atoms with Crippen molar-refractivity contribution in [1.82, 2.24) is 5.43 Å². The highest BCUT2D eigenvalue weighted by atomic mass is 32.2. The molecule has 0 aliphatic heterocycles. The van der Waals surface area contributed by atoms with Gasteiger partial charge in [-0.15, -0.1) is 0 Å². The Kier molecular flexibility index (Phi) is 6.77. The Bertz CT molecular complexity index is 181. The SMILES string of the molecule is CSCCCOCC(F)(F)C(=O)NN. The van der Waals surface area contributed by atoms with Crippen LogP contribution in [0.2, 0.25) is 0 Å². The van der Waals surface area contributed by atoms with Gasteiger partial charge < -0.3 is 4.74 Å². The number of hydrazine groups is 1. The van der Waals surface area contributed by atoms with E-state index in [1.165, 1.54) is 5.43 Å². The molecule has 0 unspecified atom stereocenters. The van der Waals surface area contributed by atoms with Crippen LogP contribution in [0.15, 0.2) is 0 Å². The van der Waals surface area contributed by atoms with Crippen LogP contribution in [0.1, 0.15) is 6.42 Å². The van der Waals surface area contributed by atoms with E-state index in [0.717, 1.165) is 5.75 Å². The van der Waals surface area contributed by atoms with Crippen LogP contribution in [-0.2, 0) is 9.53 Å². The summed E-state index contributed by atoms with van der Waals surface area (Å²) < 4.78 is 30.1. The topological polar surface area (TPSA) is 64.3 Å². The monoisotopic (exact) mass is 228 g/mol. The third-order valence-corrected chi connectivity index (χ3v) is 2.08. The van der Waals surface area contributed by atoms with Gasteiger partial charge in [0.05, 0.1) is 0 Å². The Labute approximate surface area is 85.5 Å². The number of nitrogens with two attached hydrogens (primary N) is 1. The van der Waals surface area contributed by atoms with Crippen LogP contribution >= 0.6 is 11.8 Å². The van der Waals surface area contributed by atoms with Gasteiger partial charge in [-0.25, -0.2) is 5.84 Å². The van der Waals surface area contributed by atoms with Crippen molar-refractivity contribution in [3.63, 3.8) is 0 Å². The van der Waals surface area contributed by atoms with Crippen molar-refractivity contribution in [2.75, 3.05) is 25.2 Å². The molecule has 0 aromatic rings. The molecule has 0 saturated heterocycles. The van der Waals surface area contributed by atoms with Crippen molar-refractivity contribution < 1.29 is 18.3 Å². The van der Waals surface area contributed by atoms with E-state index in [1.807, 2.05) is 6.26 Å². The number of ether oxygens (including phenoxy) is 1. The van der Waals surface area contributed by atoms with E-state index >= 15 is 0 Å². The average molecular weight is 228 g/mol. The molecule has 0 heterocycles. The zero-order valence-corrected chi connectivity index (χ0v) is 8.70. The van der Waals surface area contributed by atoms with Crippen LogP contribution in [0.25, 0.3) is 0 Å². The lowest BCUT2D eigenvalue weighted by Crippen LogP contribution is -2.46. The van der Waals surface area contributed by atoms with Gasteiger partial charge in [0.15, 0.2) is 0 Å². The van der Waals surface area contributed by atoms with E-state index in [4.69, 9.17) is 0 Å². The number of rotatable bonds is 7. The molecule has 0 bridgehead atoms. The minimum Gasteiger partial charge on any atom is -0.375 e. The quantitative estimate of drug-likeness (QED) is 0.286. The number of amides is 1. The van der Waals surface area contributed by atoms with Crippen molar-refractivity contribution in [1.29, 1.82) is 0 Å². The molecule has 84 valence electrons. The summed E-state index contributed by atoms with van der Waals surface area (Å²) in [4.78, 5) is 10.5. The van der Waals surface area contributed by atoms with Gasteiger partial charge in [0, 0.05) is 6.61 Å². The number of carbonyl (C=O) groups is 1. The highest BCUT2D eigenvalue weighted by Crippen LogP contribution is 2.13. The van der Waals surface area contributed by atoms with E-state index in [-0.39, 0.29) is 6.61 Å². The summed E-state index contributed by atoms with van der Waals surface area (Å²) in [5.74, 6) is 0.340. The van der Waals surface area contributed by atoms with Gasteiger partial charge in [0.1, 0.15) is 6.61 Å². The van der Waals surface area contributed by atoms with E-state index in [2.05, 4.69) is 10.6 Å². The third-order valence-electron chi connectivity index (χ3n) is 1.38. The maximum absolute atomic E-state index is 12.7. The van der Waals surface area contributed by atoms with Crippen molar-refractivity contribution in [2.24, 2.45) is 5.84 Å². The Morgan fingerprint density at radius 1 is 1.64 bits per heavy atom. The number of hydrogen-bond acceptors (Lipinski definition) is 4. The maximum atomic E-state index is 12.7. The molecule has 14 heavy (non-hydrogen) atoms. The molecule has 0 aromatic carbocycles. The molecule has 0 saturated carbocycles. The lowest BCUT2D eigenvalue weighted by Gasteiger charge is -2.13. The first-order chi connectivity index (χ1) is 6.54. The second-order valence-corrected chi connectivity index (χ2v) is 3.56. The van der Waals surface area contributed by atoms with Gasteiger partial charge in [-0.05, 0) is 18.4 Å². The van der Waals surface area contributed by atoms with Crippen molar-refractivity contribution in [3.05, 3.63) is 0 Å². The second-order valence-electron chi connectivity index (χ2n) is 2.58. The van der Waals surface area contributed by atoms with Gasteiger partial charge in [-0.3, -0.25) is 10.2 Å². The van der Waals surface area contributed by atoms with Crippen LogP contribution in [-0.4, -0.2) is 37.1 Å². The Morgan fingerprint density at radius 2 is 2.29 bits per heavy atom. The summed E-state index contributed by atoms with van der Waals surface area (Å²) in [6.07, 6.45) is 2.60. The van der Waals surface area contributed by atoms with Gasteiger partial charge in [0.25, 0.3) is 0 Å². The zero-order valence-electron chi connectivity index (χ0n) is 7.89. The molecule has 0 aromatic heterocycles. The minimum atomic E-state index is -3.55. The fourth-order valence-electron chi connectivity index (χ4n) is 0.677. The van der Waals surface area contributed by atoms with Crippen LogP contribution in [0.4, 0.5) is 8.78 Å². The predicted molar refractivity (Wildman–Crippen MR) is 51.1 cm³/mol. The fourth-order valence-corrected chi connectivity index (χ4v) is 1.08. The number of carbonyl (C=O) groups excluding carboxylic acids is 1. The van der Waals surface area contributed by atoms with E-state index in [9.17, 15) is 13.6 Å². The molecule has 7 heteroatoms. The summed E-state index contributed by atoms with van der Waals surface area (Å²) in [5.41, 5.74) is 1.38. The standard InChI is InChI=1S/C7H14F2N2O2S/c1-14-4-2-3-13-5-7(8,9)6(12)11-10/h2-5,10H2,1H3,(H,11,12). The summed E-state index contributed by atoms with van der Waals surface area (Å²) in [7, 11) is 0. The Hall–Kier alpha value is -0.400. The number of nitrogens with one attached hydrogen (secondary N) is 1. The van der Waals surface area contributed by atoms with Gasteiger partial charge in [-0.2, -0.15) is 20.5 Å². The highest BCUT2D eigenvalue weighted by molar-refractivity contribution is 7.98. The van der Waals surface area contributed by atoms with E-state index in [0.29, 0.717) is 6.42 Å². The number of hydrogen-bond donors (Lipinski definition) is 2. The Balaban J connectivity index is 3.60. The van der Waals surface area contributed by atoms with E-state index < -0.39 is 18.4 Å². The number of alkyl halides is 2. The lowest BCUT2D eigenvalue weighted by molar-refractivity contribution is -0.154. The average Bonchev–Trinajstić information content (AvgIpc) is 2.16. The molecule has 0 fully saturated rings. The van der Waals surface area contributed by atoms with Crippen LogP contribution < -0.4 is 11.3 Å². The first kappa shape index (κ1) is 13.6. The molecule has 4 nitrogen and oxygen atoms in total. The normalized spacial score (nSPS) is 11.4. The van der Waals surface area contributed by atoms with Gasteiger partial charge in [-0.1, -0.05) is 0 Å². The van der Waals surface area contributed by atoms with Crippen LogP contribution in [0.3, 0.4) is 0 Å². The van der Waals surface area contributed by atoms with Crippen molar-refractivity contribution >= 4 is 17.7 Å². The minimum absolute atomic E-state index is 0.217. The molecular formula is C7H14F2N2O2S. The molecule has 0 radical (unpaired) electrons. The highest BCUT2D eigenvalue weighted by Gasteiger charge is 2.38. The second kappa shape index (κ2) is 6.97. The summed E-state index contributed by atoms with van der Waals surface area (Å²) in [6, 6.07) is 0.